The number of carboxylic acid groups (broad SMARTS) is 1. The van der Waals surface area contributed by atoms with Crippen LogP contribution in [-0.4, -0.2) is 194 Å². The summed E-state index contributed by atoms with van der Waals surface area (Å²) < 4.78 is 35.7. The Morgan fingerprint density at radius 3 is 1.64 bits per heavy atom. The lowest BCUT2D eigenvalue weighted by molar-refractivity contribution is -0.353. The molecule has 3 fully saturated rings. The van der Waals surface area contributed by atoms with Gasteiger partial charge in [0.25, 0.3) is 6.47 Å². The molecule has 3 heterocycles. The van der Waals surface area contributed by atoms with Crippen molar-refractivity contribution in [2.24, 2.45) is 5.92 Å². The number of rotatable bonds is 41. The largest absolute Gasteiger partial charge is 0.483 e. The first-order chi connectivity index (χ1) is 37.1. The summed E-state index contributed by atoms with van der Waals surface area (Å²) in [5, 5.41) is 108. The van der Waals surface area contributed by atoms with Gasteiger partial charge in [-0.25, -0.2) is 0 Å². The summed E-state index contributed by atoms with van der Waals surface area (Å²) in [7, 11) is 0. The second-order valence-electron chi connectivity index (χ2n) is 21.7. The van der Waals surface area contributed by atoms with E-state index in [-0.39, 0.29) is 25.4 Å². The minimum absolute atomic E-state index is 0.0209. The smallest absolute Gasteiger partial charge is 0.290 e. The Labute approximate surface area is 459 Å². The summed E-state index contributed by atoms with van der Waals surface area (Å²) >= 11 is 0. The van der Waals surface area contributed by atoms with E-state index in [1.54, 1.807) is 6.92 Å². The highest BCUT2D eigenvalue weighted by Gasteiger charge is 2.52. The van der Waals surface area contributed by atoms with Crippen LogP contribution >= 0.6 is 0 Å². The molecule has 3 aliphatic rings. The van der Waals surface area contributed by atoms with Crippen molar-refractivity contribution in [3.8, 4) is 0 Å². The number of aliphatic hydroxyl groups excluding tert-OH is 9. The zero-order valence-electron chi connectivity index (χ0n) is 47.2. The quantitative estimate of drug-likeness (QED) is 0.0298. The van der Waals surface area contributed by atoms with E-state index < -0.39 is 130 Å². The molecule has 21 heteroatoms. The number of hydrogen-bond acceptors (Lipinski definition) is 18. The Kier molecular flexibility index (Phi) is 39.3. The third-order valence-electron chi connectivity index (χ3n) is 15.2. The van der Waals surface area contributed by atoms with Gasteiger partial charge in [-0.1, -0.05) is 175 Å². The highest BCUT2D eigenvalue weighted by atomic mass is 16.7. The molecule has 12 N–H and O–H groups in total. The Hall–Kier alpha value is -2.19. The van der Waals surface area contributed by atoms with Gasteiger partial charge in [0.2, 0.25) is 11.8 Å². The molecule has 0 bridgehead atoms. The summed E-state index contributed by atoms with van der Waals surface area (Å²) in [4.78, 5) is 34.1. The molecule has 0 aromatic rings. The number of ether oxygens (including phenoxy) is 6. The van der Waals surface area contributed by atoms with E-state index in [0.717, 1.165) is 44.9 Å². The highest BCUT2D eigenvalue weighted by Crippen LogP contribution is 2.33. The predicted molar refractivity (Wildman–Crippen MR) is 287 cm³/mol. The Morgan fingerprint density at radius 1 is 0.649 bits per heavy atom. The molecule has 0 saturated carbocycles. The van der Waals surface area contributed by atoms with Crippen molar-refractivity contribution in [2.75, 3.05) is 26.4 Å². The fourth-order valence-electron chi connectivity index (χ4n) is 10.3. The molecule has 6 unspecified atom stereocenters. The van der Waals surface area contributed by atoms with Gasteiger partial charge in [-0.2, -0.15) is 0 Å². The van der Waals surface area contributed by atoms with Crippen LogP contribution in [0.5, 0.6) is 0 Å². The lowest BCUT2D eigenvalue weighted by atomic mass is 9.87. The van der Waals surface area contributed by atoms with Crippen LogP contribution < -0.4 is 10.6 Å². The molecule has 0 radical (unpaired) electrons. The van der Waals surface area contributed by atoms with E-state index in [1.165, 1.54) is 122 Å². The van der Waals surface area contributed by atoms with E-state index in [2.05, 4.69) is 24.5 Å². The van der Waals surface area contributed by atoms with Crippen LogP contribution in [0, 0.1) is 5.92 Å². The van der Waals surface area contributed by atoms with Gasteiger partial charge in [-0.15, -0.1) is 0 Å². The number of aliphatic hydroxyl groups is 9. The lowest BCUT2D eigenvalue weighted by Gasteiger charge is -2.47. The van der Waals surface area contributed by atoms with Crippen molar-refractivity contribution in [1.29, 1.82) is 0 Å². The third-order valence-corrected chi connectivity index (χ3v) is 15.2. The molecule has 0 aromatic heterocycles. The Morgan fingerprint density at radius 2 is 1.14 bits per heavy atom. The number of unbranched alkanes of at least 4 members (excludes halogenated alkanes) is 23. The van der Waals surface area contributed by atoms with Crippen LogP contribution in [0.1, 0.15) is 207 Å². The summed E-state index contributed by atoms with van der Waals surface area (Å²) in [5.74, 6) is -1.28. The van der Waals surface area contributed by atoms with Gasteiger partial charge < -0.3 is 90.1 Å². The van der Waals surface area contributed by atoms with Gasteiger partial charge in [-0.05, 0) is 12.8 Å². The maximum atomic E-state index is 13.2. The minimum Gasteiger partial charge on any atom is -0.483 e. The number of amides is 2. The van der Waals surface area contributed by atoms with Crippen molar-refractivity contribution in [3.05, 3.63) is 0 Å². The van der Waals surface area contributed by atoms with E-state index in [0.29, 0.717) is 12.8 Å². The molecule has 17 atom stereocenters. The molecule has 21 nitrogen and oxygen atoms in total. The van der Waals surface area contributed by atoms with Crippen LogP contribution in [0.15, 0.2) is 0 Å². The standard InChI is InChI=1S/C55H104N2O17.CH2O2/c1-5-7-9-11-12-13-14-15-16-17-18-19-20-21-22-23-24-25-26-27-29-31-44(63)57-39(30-28-10-8-6-2)35-70-54-46(56-38(4)60)49(66)53(42(34-59)71-54)74-55-51(68)50(67)48(65)43(72-55)36-69-45-32-40(61)37(3)52(73-45)47(64)41(62)33-58;2-1-3/h37,39-43,45-55,58-59,61-62,64-68H,5-36H2,1-4H3,(H,56,60)(H,57,63);1H,(H,2,3)/t37-,39?,40-,41-,42?,43?,45+,46?,47-,48+,49-,50+,51?,52?,53-,54-,55+;/m1./s1. The van der Waals surface area contributed by atoms with Gasteiger partial charge in [0.15, 0.2) is 18.9 Å². The molecule has 3 saturated heterocycles. The van der Waals surface area contributed by atoms with Gasteiger partial charge in [0.05, 0.1) is 44.7 Å². The second kappa shape index (κ2) is 42.6. The van der Waals surface area contributed by atoms with Crippen LogP contribution in [0.4, 0.5) is 0 Å². The number of carbonyl (C=O) groups excluding carboxylic acids is 2. The Balaban J connectivity index is 0.00000659. The van der Waals surface area contributed by atoms with Crippen LogP contribution in [0.25, 0.3) is 0 Å². The van der Waals surface area contributed by atoms with Gasteiger partial charge in [0.1, 0.15) is 61.0 Å². The van der Waals surface area contributed by atoms with Gasteiger partial charge in [0, 0.05) is 25.7 Å². The first-order valence-electron chi connectivity index (χ1n) is 29.6. The van der Waals surface area contributed by atoms with Crippen LogP contribution in [0.2, 0.25) is 0 Å². The first kappa shape index (κ1) is 70.9. The second-order valence-corrected chi connectivity index (χ2v) is 21.7. The first-order valence-corrected chi connectivity index (χ1v) is 29.6. The van der Waals surface area contributed by atoms with Crippen LogP contribution in [-0.2, 0) is 42.8 Å². The van der Waals surface area contributed by atoms with Crippen molar-refractivity contribution in [2.45, 2.75) is 306 Å². The van der Waals surface area contributed by atoms with Crippen LogP contribution in [0.3, 0.4) is 0 Å². The lowest BCUT2D eigenvalue weighted by Crippen LogP contribution is -2.67. The van der Waals surface area contributed by atoms with Crippen molar-refractivity contribution in [3.63, 3.8) is 0 Å². The average Bonchev–Trinajstić information content (AvgIpc) is 3.41. The Bertz CT molecular complexity index is 1490. The van der Waals surface area contributed by atoms with E-state index in [9.17, 15) is 55.5 Å². The van der Waals surface area contributed by atoms with E-state index >= 15 is 0 Å². The van der Waals surface area contributed by atoms with Crippen molar-refractivity contribution < 1.29 is 93.9 Å². The molecule has 3 rings (SSSR count). The summed E-state index contributed by atoms with van der Waals surface area (Å²) in [6.45, 7) is 4.98. The molecule has 0 aliphatic carbocycles. The zero-order valence-corrected chi connectivity index (χ0v) is 47.2. The third kappa shape index (κ3) is 27.9. The maximum absolute atomic E-state index is 13.2. The summed E-state index contributed by atoms with van der Waals surface area (Å²) in [5.41, 5.74) is 0. The maximum Gasteiger partial charge on any atom is 0.290 e. The SMILES string of the molecule is CCCCCCCCCCCCCCCCCCCCCCCC(=O)NC(CCCCCC)CO[C@@H]1OC(CO)[C@@H](O[C@@H]2OC(CO[C@@H]3C[C@@H](O)[C@@H](C)C([C@H](O)[C@H](O)CO)O3)[C@H](O)[C@H](O)C2O)[C@H](O)C1NC(C)=O.O=CO. The fourth-order valence-corrected chi connectivity index (χ4v) is 10.3. The fraction of sp³-hybridized carbons (Fsp3) is 0.946. The molecular weight excluding hydrogens is 1000 g/mol. The zero-order chi connectivity index (χ0) is 57.0. The van der Waals surface area contributed by atoms with Gasteiger partial charge >= 0.3 is 0 Å². The molecule has 77 heavy (non-hydrogen) atoms. The monoisotopic (exact) mass is 1110 g/mol. The molecule has 0 aromatic carbocycles. The average molecular weight is 1110 g/mol. The molecule has 0 spiro atoms. The van der Waals surface area contributed by atoms with Crippen molar-refractivity contribution in [1.82, 2.24) is 10.6 Å². The highest BCUT2D eigenvalue weighted by molar-refractivity contribution is 5.76. The normalized spacial score (nSPS) is 29.7. The predicted octanol–water partition coefficient (Wildman–Crippen LogP) is 4.38. The van der Waals surface area contributed by atoms with Gasteiger partial charge in [-0.3, -0.25) is 14.4 Å². The van der Waals surface area contributed by atoms with E-state index in [1.807, 2.05) is 0 Å². The molecular formula is C56H106N2O19. The summed E-state index contributed by atoms with van der Waals surface area (Å²) in [6.07, 6.45) is 11.1. The minimum atomic E-state index is -1.88. The molecule has 3 aliphatic heterocycles. The number of nitrogens with one attached hydrogen (secondary N) is 2. The number of hydrogen-bond donors (Lipinski definition) is 12. The topological polar surface area (TPSA) is 333 Å². The number of carbonyl (C=O) groups is 3. The molecule has 454 valence electrons. The molecule has 2 amide bonds. The van der Waals surface area contributed by atoms with Crippen molar-refractivity contribution >= 4 is 18.3 Å². The summed E-state index contributed by atoms with van der Waals surface area (Å²) in [6, 6.07) is -1.67. The van der Waals surface area contributed by atoms with E-state index in [4.69, 9.17) is 38.3 Å².